The minimum atomic E-state index is 0.328. The molecule has 0 amide bonds. The summed E-state index contributed by atoms with van der Waals surface area (Å²) in [5.74, 6) is 2.58. The number of likely N-dealkylation sites (tertiary alicyclic amines) is 1. The number of aryl methyl sites for hydroxylation is 1. The Labute approximate surface area is 154 Å². The second-order valence-electron chi connectivity index (χ2n) is 7.15. The fraction of sp³-hybridized carbons (Fsp3) is 0.579. The molecule has 0 bridgehead atoms. The van der Waals surface area contributed by atoms with Crippen LogP contribution in [0.3, 0.4) is 0 Å². The van der Waals surface area contributed by atoms with Crippen LogP contribution in [0, 0.1) is 6.92 Å². The van der Waals surface area contributed by atoms with E-state index in [1.165, 1.54) is 19.3 Å². The lowest BCUT2D eigenvalue weighted by Gasteiger charge is -2.24. The van der Waals surface area contributed by atoms with Crippen LogP contribution >= 0.6 is 0 Å². The van der Waals surface area contributed by atoms with Crippen molar-refractivity contribution in [2.24, 2.45) is 0 Å². The molecular formula is C19H27N7. The van der Waals surface area contributed by atoms with Crippen molar-refractivity contribution in [1.29, 1.82) is 0 Å². The molecule has 2 aliphatic heterocycles. The molecule has 0 radical (unpaired) electrons. The molecule has 2 aromatic rings. The van der Waals surface area contributed by atoms with Crippen molar-refractivity contribution in [3.8, 4) is 0 Å². The molecular weight excluding hydrogens is 326 g/mol. The van der Waals surface area contributed by atoms with E-state index >= 15 is 0 Å². The van der Waals surface area contributed by atoms with Gasteiger partial charge in [-0.15, -0.1) is 0 Å². The Morgan fingerprint density at radius 1 is 1.12 bits per heavy atom. The van der Waals surface area contributed by atoms with Gasteiger partial charge in [0.15, 0.2) is 0 Å². The van der Waals surface area contributed by atoms with E-state index in [1.54, 1.807) is 0 Å². The van der Waals surface area contributed by atoms with E-state index < -0.39 is 0 Å². The Bertz CT molecular complexity index is 757. The second-order valence-corrected chi connectivity index (χ2v) is 7.15. The summed E-state index contributed by atoms with van der Waals surface area (Å²) < 4.78 is 0. The van der Waals surface area contributed by atoms with Crippen LogP contribution in [-0.2, 0) is 6.54 Å². The Balaban J connectivity index is 1.52. The quantitative estimate of drug-likeness (QED) is 0.886. The molecule has 0 saturated carbocycles. The summed E-state index contributed by atoms with van der Waals surface area (Å²) in [6.45, 7) is 6.01. The first-order valence-corrected chi connectivity index (χ1v) is 9.57. The second kappa shape index (κ2) is 7.53. The fourth-order valence-electron chi connectivity index (χ4n) is 3.99. The van der Waals surface area contributed by atoms with E-state index in [0.717, 1.165) is 61.6 Å². The summed E-state index contributed by atoms with van der Waals surface area (Å²) in [5, 5.41) is 3.14. The van der Waals surface area contributed by atoms with Gasteiger partial charge in [0.1, 0.15) is 11.6 Å². The largest absolute Gasteiger partial charge is 0.373 e. The number of rotatable bonds is 5. The summed E-state index contributed by atoms with van der Waals surface area (Å²) >= 11 is 0. The Morgan fingerprint density at radius 3 is 2.77 bits per heavy atom. The molecule has 1 unspecified atom stereocenters. The summed E-state index contributed by atoms with van der Waals surface area (Å²) in [6, 6.07) is 4.44. The Kier molecular flexibility index (Phi) is 4.97. The van der Waals surface area contributed by atoms with Gasteiger partial charge in [-0.25, -0.2) is 19.9 Å². The summed E-state index contributed by atoms with van der Waals surface area (Å²) in [5.41, 5.74) is 2.20. The molecule has 0 aliphatic carbocycles. The lowest BCUT2D eigenvalue weighted by atomic mass is 10.1. The van der Waals surface area contributed by atoms with Crippen LogP contribution in [0.15, 0.2) is 18.3 Å². The number of anilines is 2. The predicted octanol–water partition coefficient (Wildman–Crippen LogP) is 2.55. The fourth-order valence-corrected chi connectivity index (χ4v) is 3.99. The van der Waals surface area contributed by atoms with Gasteiger partial charge in [-0.3, -0.25) is 4.90 Å². The third kappa shape index (κ3) is 3.62. The van der Waals surface area contributed by atoms with E-state index in [-0.39, 0.29) is 0 Å². The Morgan fingerprint density at radius 2 is 1.96 bits per heavy atom. The molecule has 7 heteroatoms. The molecule has 7 nitrogen and oxygen atoms in total. The molecule has 2 fully saturated rings. The van der Waals surface area contributed by atoms with Crippen molar-refractivity contribution in [1.82, 2.24) is 24.8 Å². The molecule has 2 aromatic heterocycles. The SMILES string of the molecule is CNc1cc(C2CCCN2Cc2ccnc(N3CCCC3)n2)nc(C)n1. The van der Waals surface area contributed by atoms with Gasteiger partial charge in [0.2, 0.25) is 5.95 Å². The molecule has 138 valence electrons. The van der Waals surface area contributed by atoms with Crippen molar-refractivity contribution in [3.63, 3.8) is 0 Å². The molecule has 0 spiro atoms. The molecule has 1 N–H and O–H groups in total. The smallest absolute Gasteiger partial charge is 0.225 e. The molecule has 4 rings (SSSR count). The number of hydrogen-bond acceptors (Lipinski definition) is 7. The van der Waals surface area contributed by atoms with E-state index in [9.17, 15) is 0 Å². The van der Waals surface area contributed by atoms with Crippen LogP contribution in [0.2, 0.25) is 0 Å². The monoisotopic (exact) mass is 353 g/mol. The first kappa shape index (κ1) is 17.1. The molecule has 1 atom stereocenters. The average Bonchev–Trinajstić information content (AvgIpc) is 3.33. The van der Waals surface area contributed by atoms with Crippen molar-refractivity contribution >= 4 is 11.8 Å². The average molecular weight is 353 g/mol. The van der Waals surface area contributed by atoms with E-state index in [2.05, 4.69) is 31.2 Å². The van der Waals surface area contributed by atoms with Gasteiger partial charge in [0.05, 0.1) is 17.4 Å². The van der Waals surface area contributed by atoms with Crippen LogP contribution in [-0.4, -0.2) is 51.5 Å². The molecule has 2 aliphatic rings. The maximum atomic E-state index is 4.83. The first-order valence-electron chi connectivity index (χ1n) is 9.57. The number of aromatic nitrogens is 4. The maximum Gasteiger partial charge on any atom is 0.225 e. The highest BCUT2D eigenvalue weighted by molar-refractivity contribution is 5.36. The van der Waals surface area contributed by atoms with Gasteiger partial charge >= 0.3 is 0 Å². The van der Waals surface area contributed by atoms with Crippen molar-refractivity contribution in [3.05, 3.63) is 35.5 Å². The lowest BCUT2D eigenvalue weighted by Crippen LogP contribution is -2.26. The molecule has 26 heavy (non-hydrogen) atoms. The zero-order valence-corrected chi connectivity index (χ0v) is 15.6. The van der Waals surface area contributed by atoms with Crippen LogP contribution in [0.4, 0.5) is 11.8 Å². The zero-order chi connectivity index (χ0) is 17.9. The van der Waals surface area contributed by atoms with Gasteiger partial charge in [0, 0.05) is 38.9 Å². The highest BCUT2D eigenvalue weighted by Crippen LogP contribution is 2.32. The molecule has 4 heterocycles. The van der Waals surface area contributed by atoms with Crippen molar-refractivity contribution in [2.45, 2.75) is 45.2 Å². The van der Waals surface area contributed by atoms with Crippen molar-refractivity contribution in [2.75, 3.05) is 36.9 Å². The van der Waals surface area contributed by atoms with E-state index in [0.29, 0.717) is 6.04 Å². The standard InChI is InChI=1S/C19H27N7/c1-14-22-16(12-18(20-2)23-14)17-6-5-11-26(17)13-15-7-8-21-19(24-15)25-9-3-4-10-25/h7-8,12,17H,3-6,9-11,13H2,1-2H3,(H,20,22,23). The summed E-state index contributed by atoms with van der Waals surface area (Å²) in [4.78, 5) is 23.2. The highest BCUT2D eigenvalue weighted by Gasteiger charge is 2.28. The van der Waals surface area contributed by atoms with E-state index in [4.69, 9.17) is 9.97 Å². The van der Waals surface area contributed by atoms with Gasteiger partial charge in [0.25, 0.3) is 0 Å². The van der Waals surface area contributed by atoms with Gasteiger partial charge in [-0.2, -0.15) is 0 Å². The minimum Gasteiger partial charge on any atom is -0.373 e. The van der Waals surface area contributed by atoms with Gasteiger partial charge in [-0.05, 0) is 45.2 Å². The number of hydrogen-bond donors (Lipinski definition) is 1. The Hall–Kier alpha value is -2.28. The van der Waals surface area contributed by atoms with Gasteiger partial charge in [-0.1, -0.05) is 0 Å². The summed E-state index contributed by atoms with van der Waals surface area (Å²) in [6.07, 6.45) is 6.69. The van der Waals surface area contributed by atoms with Crippen LogP contribution < -0.4 is 10.2 Å². The molecule has 0 aromatic carbocycles. The highest BCUT2D eigenvalue weighted by atomic mass is 15.3. The van der Waals surface area contributed by atoms with Crippen LogP contribution in [0.1, 0.15) is 48.9 Å². The van der Waals surface area contributed by atoms with Crippen LogP contribution in [0.25, 0.3) is 0 Å². The van der Waals surface area contributed by atoms with Crippen molar-refractivity contribution < 1.29 is 0 Å². The topological polar surface area (TPSA) is 70.1 Å². The number of nitrogens with zero attached hydrogens (tertiary/aromatic N) is 6. The summed E-state index contributed by atoms with van der Waals surface area (Å²) in [7, 11) is 1.90. The van der Waals surface area contributed by atoms with Crippen LogP contribution in [0.5, 0.6) is 0 Å². The third-order valence-electron chi connectivity index (χ3n) is 5.27. The first-order chi connectivity index (χ1) is 12.7. The third-order valence-corrected chi connectivity index (χ3v) is 5.27. The lowest BCUT2D eigenvalue weighted by molar-refractivity contribution is 0.241. The predicted molar refractivity (Wildman–Crippen MR) is 102 cm³/mol. The minimum absolute atomic E-state index is 0.328. The maximum absolute atomic E-state index is 4.83. The zero-order valence-electron chi connectivity index (χ0n) is 15.6. The van der Waals surface area contributed by atoms with E-state index in [1.807, 2.05) is 26.2 Å². The normalized spacial score (nSPS) is 20.7. The number of nitrogens with one attached hydrogen (secondary N) is 1. The van der Waals surface area contributed by atoms with Gasteiger partial charge < -0.3 is 10.2 Å². The molecule has 2 saturated heterocycles.